The number of hydrogen-bond donors (Lipinski definition) is 2. The summed E-state index contributed by atoms with van der Waals surface area (Å²) in [4.78, 5) is 23.4. The van der Waals surface area contributed by atoms with E-state index in [0.717, 1.165) is 23.8 Å². The van der Waals surface area contributed by atoms with Crippen molar-refractivity contribution < 1.29 is 14.7 Å². The van der Waals surface area contributed by atoms with E-state index in [0.29, 0.717) is 5.56 Å². The Morgan fingerprint density at radius 3 is 2.60 bits per heavy atom. The zero-order valence-corrected chi connectivity index (χ0v) is 12.1. The Balaban J connectivity index is 1.93. The van der Waals surface area contributed by atoms with Crippen molar-refractivity contribution in [2.45, 2.75) is 44.6 Å². The van der Waals surface area contributed by atoms with Crippen molar-refractivity contribution >= 4 is 29.3 Å². The van der Waals surface area contributed by atoms with Crippen molar-refractivity contribution in [2.75, 3.05) is 0 Å². The summed E-state index contributed by atoms with van der Waals surface area (Å²) >= 11 is 1.38. The van der Waals surface area contributed by atoms with Gasteiger partial charge in [-0.15, -0.1) is 11.3 Å². The van der Waals surface area contributed by atoms with Gasteiger partial charge in [-0.25, -0.2) is 4.79 Å². The van der Waals surface area contributed by atoms with Gasteiger partial charge in [0.2, 0.25) is 0 Å². The maximum atomic E-state index is 12.1. The van der Waals surface area contributed by atoms with Crippen LogP contribution in [0, 0.1) is 0 Å². The number of carbonyl (C=O) groups is 2. The first-order chi connectivity index (χ1) is 9.65. The lowest BCUT2D eigenvalue weighted by molar-refractivity contribution is -0.131. The quantitative estimate of drug-likeness (QED) is 0.661. The highest BCUT2D eigenvalue weighted by atomic mass is 32.1. The third-order valence-electron chi connectivity index (χ3n) is 3.46. The van der Waals surface area contributed by atoms with Gasteiger partial charge in [0.05, 0.1) is 5.56 Å². The first kappa shape index (κ1) is 14.8. The molecular formula is C15H19NO3S. The standard InChI is InChI=1S/C15H19NO3S/c17-14(18)8-7-13-9-11(10-20-13)15(19)16-12-5-3-1-2-4-6-12/h7-10,12H,1-6H2,(H,16,19)(H,17,18). The molecule has 1 aromatic heterocycles. The van der Waals surface area contributed by atoms with Crippen LogP contribution in [0.2, 0.25) is 0 Å². The third kappa shape index (κ3) is 4.49. The van der Waals surface area contributed by atoms with E-state index in [1.54, 1.807) is 11.4 Å². The second-order valence-electron chi connectivity index (χ2n) is 5.07. The Kier molecular flexibility index (Phi) is 5.35. The highest BCUT2D eigenvalue weighted by Crippen LogP contribution is 2.19. The highest BCUT2D eigenvalue weighted by Gasteiger charge is 2.16. The number of amides is 1. The van der Waals surface area contributed by atoms with Gasteiger partial charge in [-0.05, 0) is 25.0 Å². The van der Waals surface area contributed by atoms with Gasteiger partial charge >= 0.3 is 5.97 Å². The summed E-state index contributed by atoms with van der Waals surface area (Å²) in [6, 6.07) is 2.01. The summed E-state index contributed by atoms with van der Waals surface area (Å²) in [5.41, 5.74) is 0.615. The van der Waals surface area contributed by atoms with Crippen LogP contribution in [0.4, 0.5) is 0 Å². The molecule has 1 aromatic rings. The maximum Gasteiger partial charge on any atom is 0.328 e. The molecule has 20 heavy (non-hydrogen) atoms. The molecule has 0 aliphatic heterocycles. The molecule has 1 fully saturated rings. The van der Waals surface area contributed by atoms with E-state index in [2.05, 4.69) is 5.32 Å². The lowest BCUT2D eigenvalue weighted by Crippen LogP contribution is -2.34. The maximum absolute atomic E-state index is 12.1. The number of nitrogens with one attached hydrogen (secondary N) is 1. The van der Waals surface area contributed by atoms with Crippen LogP contribution >= 0.6 is 11.3 Å². The molecule has 0 atom stereocenters. The number of carbonyl (C=O) groups excluding carboxylic acids is 1. The van der Waals surface area contributed by atoms with Crippen molar-refractivity contribution in [2.24, 2.45) is 0 Å². The fourth-order valence-corrected chi connectivity index (χ4v) is 3.18. The molecule has 1 aliphatic rings. The number of rotatable bonds is 4. The van der Waals surface area contributed by atoms with E-state index in [9.17, 15) is 9.59 Å². The smallest absolute Gasteiger partial charge is 0.328 e. The van der Waals surface area contributed by atoms with Crippen LogP contribution in [-0.4, -0.2) is 23.0 Å². The van der Waals surface area contributed by atoms with E-state index in [1.165, 1.54) is 43.1 Å². The largest absolute Gasteiger partial charge is 0.478 e. The summed E-state index contributed by atoms with van der Waals surface area (Å²) in [7, 11) is 0. The van der Waals surface area contributed by atoms with Gasteiger partial charge < -0.3 is 10.4 Å². The minimum atomic E-state index is -0.983. The van der Waals surface area contributed by atoms with Crippen molar-refractivity contribution in [1.29, 1.82) is 0 Å². The zero-order chi connectivity index (χ0) is 14.4. The summed E-state index contributed by atoms with van der Waals surface area (Å²) in [5, 5.41) is 13.4. The summed E-state index contributed by atoms with van der Waals surface area (Å²) in [6.45, 7) is 0. The molecule has 0 unspecified atom stereocenters. The number of carboxylic acids is 1. The van der Waals surface area contributed by atoms with Gasteiger partial charge in [0.25, 0.3) is 5.91 Å². The molecule has 0 saturated heterocycles. The molecule has 4 nitrogen and oxygen atoms in total. The van der Waals surface area contributed by atoms with Gasteiger partial charge in [-0.1, -0.05) is 25.7 Å². The molecule has 0 radical (unpaired) electrons. The number of carboxylic acid groups (broad SMARTS) is 1. The molecule has 0 aromatic carbocycles. The normalized spacial score (nSPS) is 17.0. The van der Waals surface area contributed by atoms with Crippen LogP contribution in [0.25, 0.3) is 6.08 Å². The molecule has 1 aliphatic carbocycles. The van der Waals surface area contributed by atoms with Gasteiger partial charge in [0.15, 0.2) is 0 Å². The second-order valence-corrected chi connectivity index (χ2v) is 6.01. The lowest BCUT2D eigenvalue weighted by Gasteiger charge is -2.15. The van der Waals surface area contributed by atoms with E-state index < -0.39 is 5.97 Å². The lowest BCUT2D eigenvalue weighted by atomic mass is 10.1. The molecule has 2 N–H and O–H groups in total. The summed E-state index contributed by atoms with van der Waals surface area (Å²) in [6.07, 6.45) is 9.59. The average Bonchev–Trinajstić information content (AvgIpc) is 2.75. The number of aliphatic carboxylic acids is 1. The predicted octanol–water partition coefficient (Wildman–Crippen LogP) is 3.30. The van der Waals surface area contributed by atoms with Gasteiger partial charge in [-0.3, -0.25) is 4.79 Å². The Morgan fingerprint density at radius 1 is 1.25 bits per heavy atom. The Hall–Kier alpha value is -1.62. The van der Waals surface area contributed by atoms with Crippen molar-refractivity contribution in [3.63, 3.8) is 0 Å². The van der Waals surface area contributed by atoms with Crippen LogP contribution < -0.4 is 5.32 Å². The van der Waals surface area contributed by atoms with Crippen LogP contribution in [0.15, 0.2) is 17.5 Å². The Labute approximate surface area is 122 Å². The Bertz CT molecular complexity index is 499. The molecule has 0 spiro atoms. The van der Waals surface area contributed by atoms with Crippen LogP contribution in [0.1, 0.15) is 53.8 Å². The molecule has 5 heteroatoms. The van der Waals surface area contributed by atoms with Crippen LogP contribution in [-0.2, 0) is 4.79 Å². The first-order valence-corrected chi connectivity index (χ1v) is 7.83. The van der Waals surface area contributed by atoms with Gasteiger partial charge in [-0.2, -0.15) is 0 Å². The minimum absolute atomic E-state index is 0.0527. The molecule has 1 heterocycles. The molecule has 1 saturated carbocycles. The van der Waals surface area contributed by atoms with E-state index in [4.69, 9.17) is 5.11 Å². The first-order valence-electron chi connectivity index (χ1n) is 6.95. The predicted molar refractivity (Wildman–Crippen MR) is 79.9 cm³/mol. The second kappa shape index (κ2) is 7.24. The molecule has 0 bridgehead atoms. The fraction of sp³-hybridized carbons (Fsp3) is 0.467. The van der Waals surface area contributed by atoms with Gasteiger partial charge in [0, 0.05) is 22.4 Å². The summed E-state index contributed by atoms with van der Waals surface area (Å²) < 4.78 is 0. The SMILES string of the molecule is O=C(O)C=Cc1cc(C(=O)NC2CCCCCC2)cs1. The van der Waals surface area contributed by atoms with Crippen molar-refractivity contribution in [3.05, 3.63) is 28.0 Å². The van der Waals surface area contributed by atoms with E-state index in [-0.39, 0.29) is 11.9 Å². The topological polar surface area (TPSA) is 66.4 Å². The third-order valence-corrected chi connectivity index (χ3v) is 4.36. The van der Waals surface area contributed by atoms with Crippen LogP contribution in [0.3, 0.4) is 0 Å². The van der Waals surface area contributed by atoms with Crippen LogP contribution in [0.5, 0.6) is 0 Å². The average molecular weight is 293 g/mol. The molecular weight excluding hydrogens is 274 g/mol. The number of hydrogen-bond acceptors (Lipinski definition) is 3. The molecule has 1 amide bonds. The molecule has 2 rings (SSSR count). The summed E-state index contributed by atoms with van der Waals surface area (Å²) in [5.74, 6) is -1.04. The zero-order valence-electron chi connectivity index (χ0n) is 11.3. The highest BCUT2D eigenvalue weighted by molar-refractivity contribution is 7.11. The minimum Gasteiger partial charge on any atom is -0.478 e. The Morgan fingerprint density at radius 2 is 1.95 bits per heavy atom. The van der Waals surface area contributed by atoms with Crippen molar-refractivity contribution in [3.8, 4) is 0 Å². The molecule has 108 valence electrons. The monoisotopic (exact) mass is 293 g/mol. The van der Waals surface area contributed by atoms with Crippen molar-refractivity contribution in [1.82, 2.24) is 5.32 Å². The van der Waals surface area contributed by atoms with Gasteiger partial charge in [0.1, 0.15) is 0 Å². The fourth-order valence-electron chi connectivity index (χ4n) is 2.41. The number of thiophene rings is 1. The van der Waals surface area contributed by atoms with E-state index in [1.807, 2.05) is 0 Å². The van der Waals surface area contributed by atoms with E-state index >= 15 is 0 Å².